The largest absolute Gasteiger partial charge is 0.419 e. The van der Waals surface area contributed by atoms with Gasteiger partial charge in [-0.1, -0.05) is 0 Å². The van der Waals surface area contributed by atoms with Gasteiger partial charge in [-0.15, -0.1) is 0 Å². The Kier molecular flexibility index (Phi) is 4.58. The molecule has 3 aromatic heterocycles. The van der Waals surface area contributed by atoms with Gasteiger partial charge in [0, 0.05) is 37.7 Å². The predicted octanol–water partition coefficient (Wildman–Crippen LogP) is 2.12. The van der Waals surface area contributed by atoms with Gasteiger partial charge in [-0.2, -0.15) is 13.2 Å². The van der Waals surface area contributed by atoms with Crippen LogP contribution in [0.1, 0.15) is 6.42 Å². The molecule has 0 bridgehead atoms. The van der Waals surface area contributed by atoms with Gasteiger partial charge in [0.05, 0.1) is 36.0 Å². The highest BCUT2D eigenvalue weighted by Crippen LogP contribution is 2.46. The van der Waals surface area contributed by atoms with E-state index in [1.807, 2.05) is 0 Å². The Labute approximate surface area is 163 Å². The van der Waals surface area contributed by atoms with Crippen LogP contribution in [0.25, 0.3) is 22.3 Å². The van der Waals surface area contributed by atoms with Crippen LogP contribution in [0.2, 0.25) is 0 Å². The molecule has 0 aromatic carbocycles. The topological polar surface area (TPSA) is 113 Å². The molecule has 1 aliphatic rings. The number of hydrogen-bond donors (Lipinski definition) is 3. The summed E-state index contributed by atoms with van der Waals surface area (Å²) in [6.07, 6.45) is -0.300. The van der Waals surface area contributed by atoms with E-state index in [1.54, 1.807) is 18.3 Å². The number of halogens is 3. The van der Waals surface area contributed by atoms with Gasteiger partial charge in [0.2, 0.25) is 5.95 Å². The number of aliphatic hydroxyl groups is 1. The first-order chi connectivity index (χ1) is 13.8. The molecule has 0 radical (unpaired) electrons. The number of alkyl halides is 3. The number of hydrogen-bond acceptors (Lipinski definition) is 7. The van der Waals surface area contributed by atoms with Crippen LogP contribution in [0.5, 0.6) is 0 Å². The van der Waals surface area contributed by atoms with Gasteiger partial charge >= 0.3 is 6.18 Å². The summed E-state index contributed by atoms with van der Waals surface area (Å²) in [5.74, 6) is 0.0761. The van der Waals surface area contributed by atoms with E-state index in [4.69, 9.17) is 10.5 Å². The van der Waals surface area contributed by atoms with Crippen molar-refractivity contribution in [3.05, 3.63) is 30.7 Å². The summed E-state index contributed by atoms with van der Waals surface area (Å²) in [6, 6.07) is 2.49. The Bertz CT molecular complexity index is 1040. The lowest BCUT2D eigenvalue weighted by molar-refractivity contribution is -0.261. The molecule has 1 fully saturated rings. The first-order valence-electron chi connectivity index (χ1n) is 8.84. The second kappa shape index (κ2) is 6.85. The van der Waals surface area contributed by atoms with E-state index in [0.717, 1.165) is 7.11 Å². The van der Waals surface area contributed by atoms with Crippen molar-refractivity contribution in [1.82, 2.24) is 19.9 Å². The highest BCUT2D eigenvalue weighted by molar-refractivity contribution is 6.02. The Morgan fingerprint density at radius 1 is 1.34 bits per heavy atom. The van der Waals surface area contributed by atoms with Gasteiger partial charge < -0.3 is 25.5 Å². The maximum Gasteiger partial charge on any atom is 0.419 e. The number of aromatic nitrogens is 4. The van der Waals surface area contributed by atoms with E-state index >= 15 is 0 Å². The number of methoxy groups -OCH3 is 1. The van der Waals surface area contributed by atoms with Crippen molar-refractivity contribution in [3.8, 4) is 11.3 Å². The third kappa shape index (κ3) is 3.06. The number of nitrogen functional groups attached to an aromatic ring is 1. The molecule has 29 heavy (non-hydrogen) atoms. The fourth-order valence-corrected chi connectivity index (χ4v) is 3.88. The SMILES string of the molecule is COC1(C(F)(F)F)CC(CO)N(c2ccnc3[nH]cc(-c4ccnc(N)n4)c23)C1. The van der Waals surface area contributed by atoms with E-state index < -0.39 is 31.0 Å². The normalized spacial score (nSPS) is 22.5. The smallest absolute Gasteiger partial charge is 0.394 e. The highest BCUT2D eigenvalue weighted by atomic mass is 19.4. The number of nitrogens with zero attached hydrogens (tertiary/aromatic N) is 4. The number of ether oxygens (including phenoxy) is 1. The fraction of sp³-hybridized carbons (Fsp3) is 0.389. The van der Waals surface area contributed by atoms with Crippen LogP contribution >= 0.6 is 0 Å². The number of H-pyrrole nitrogens is 1. The number of aromatic amines is 1. The average Bonchev–Trinajstić information content (AvgIpc) is 3.30. The molecular formula is C18H19F3N6O2. The first-order valence-corrected chi connectivity index (χ1v) is 8.84. The van der Waals surface area contributed by atoms with Gasteiger partial charge in [0.25, 0.3) is 0 Å². The van der Waals surface area contributed by atoms with Crippen molar-refractivity contribution >= 4 is 22.7 Å². The third-order valence-electron chi connectivity index (χ3n) is 5.36. The standard InChI is InChI=1S/C18H19F3N6O2/c1-29-17(18(19,20)21)6-10(8-28)27(9-17)13-3-5-23-15-14(13)11(7-25-15)12-2-4-24-16(22)26-12/h2-5,7,10,28H,6,8-9H2,1H3,(H,23,25)(H2,22,24,26). The van der Waals surface area contributed by atoms with Crippen molar-refractivity contribution in [2.45, 2.75) is 24.2 Å². The third-order valence-corrected chi connectivity index (χ3v) is 5.36. The van der Waals surface area contributed by atoms with E-state index in [9.17, 15) is 18.3 Å². The van der Waals surface area contributed by atoms with Gasteiger partial charge in [-0.3, -0.25) is 0 Å². The Morgan fingerprint density at radius 2 is 2.10 bits per heavy atom. The van der Waals surface area contributed by atoms with Crippen molar-refractivity contribution < 1.29 is 23.0 Å². The quantitative estimate of drug-likeness (QED) is 0.606. The summed E-state index contributed by atoms with van der Waals surface area (Å²) in [4.78, 5) is 16.9. The summed E-state index contributed by atoms with van der Waals surface area (Å²) >= 11 is 0. The van der Waals surface area contributed by atoms with Crippen LogP contribution in [0.4, 0.5) is 24.8 Å². The zero-order valence-corrected chi connectivity index (χ0v) is 15.4. The molecule has 4 heterocycles. The van der Waals surface area contributed by atoms with Crippen molar-refractivity contribution in [2.24, 2.45) is 0 Å². The van der Waals surface area contributed by atoms with Crippen LogP contribution in [0.15, 0.2) is 30.7 Å². The number of nitrogens with two attached hydrogens (primary N) is 1. The molecule has 11 heteroatoms. The Balaban J connectivity index is 1.87. The van der Waals surface area contributed by atoms with Gasteiger partial charge in [-0.05, 0) is 12.1 Å². The van der Waals surface area contributed by atoms with E-state index in [1.165, 1.54) is 17.3 Å². The molecule has 2 atom stereocenters. The van der Waals surface area contributed by atoms with E-state index in [-0.39, 0.29) is 12.4 Å². The number of fused-ring (bicyclic) bond motifs is 1. The van der Waals surface area contributed by atoms with Crippen LogP contribution in [0.3, 0.4) is 0 Å². The maximum absolute atomic E-state index is 13.8. The summed E-state index contributed by atoms with van der Waals surface area (Å²) in [5.41, 5.74) is 5.41. The minimum absolute atomic E-state index is 0.0761. The van der Waals surface area contributed by atoms with Crippen LogP contribution in [-0.4, -0.2) is 63.1 Å². The first kappa shape index (κ1) is 19.4. The summed E-state index contributed by atoms with van der Waals surface area (Å²) < 4.78 is 46.3. The summed E-state index contributed by atoms with van der Waals surface area (Å²) in [7, 11) is 1.04. The zero-order valence-electron chi connectivity index (χ0n) is 15.4. The second-order valence-electron chi connectivity index (χ2n) is 6.92. The lowest BCUT2D eigenvalue weighted by Gasteiger charge is -2.30. The van der Waals surface area contributed by atoms with Crippen molar-refractivity contribution in [2.75, 3.05) is 30.9 Å². The number of nitrogens with one attached hydrogen (secondary N) is 1. The van der Waals surface area contributed by atoms with E-state index in [0.29, 0.717) is 28.0 Å². The van der Waals surface area contributed by atoms with Crippen LogP contribution < -0.4 is 10.6 Å². The molecule has 0 aliphatic carbocycles. The molecule has 4 N–H and O–H groups in total. The van der Waals surface area contributed by atoms with Crippen molar-refractivity contribution in [3.63, 3.8) is 0 Å². The average molecular weight is 408 g/mol. The summed E-state index contributed by atoms with van der Waals surface area (Å²) in [5, 5.41) is 10.4. The Morgan fingerprint density at radius 3 is 2.76 bits per heavy atom. The second-order valence-corrected chi connectivity index (χ2v) is 6.92. The molecule has 0 saturated carbocycles. The number of anilines is 2. The van der Waals surface area contributed by atoms with Crippen molar-refractivity contribution in [1.29, 1.82) is 0 Å². The fourth-order valence-electron chi connectivity index (χ4n) is 3.88. The van der Waals surface area contributed by atoms with Gasteiger partial charge in [0.1, 0.15) is 5.65 Å². The van der Waals surface area contributed by atoms with Gasteiger partial charge in [-0.25, -0.2) is 15.0 Å². The molecule has 2 unspecified atom stereocenters. The molecular weight excluding hydrogens is 389 g/mol. The predicted molar refractivity (Wildman–Crippen MR) is 100 cm³/mol. The highest BCUT2D eigenvalue weighted by Gasteiger charge is 2.61. The maximum atomic E-state index is 13.8. The number of rotatable bonds is 4. The lowest BCUT2D eigenvalue weighted by Crippen LogP contribution is -2.49. The molecule has 1 aliphatic heterocycles. The molecule has 4 rings (SSSR count). The number of aliphatic hydroxyl groups excluding tert-OH is 1. The molecule has 0 amide bonds. The lowest BCUT2D eigenvalue weighted by atomic mass is 9.99. The summed E-state index contributed by atoms with van der Waals surface area (Å²) in [6.45, 7) is -0.904. The molecule has 154 valence electrons. The molecule has 3 aromatic rings. The van der Waals surface area contributed by atoms with Crippen LogP contribution in [0, 0.1) is 0 Å². The van der Waals surface area contributed by atoms with E-state index in [2.05, 4.69) is 19.9 Å². The minimum Gasteiger partial charge on any atom is -0.394 e. The molecule has 1 saturated heterocycles. The number of pyridine rings is 1. The Hall–Kier alpha value is -2.92. The minimum atomic E-state index is -4.59. The zero-order chi connectivity index (χ0) is 20.8. The van der Waals surface area contributed by atoms with Crippen LogP contribution in [-0.2, 0) is 4.74 Å². The molecule has 0 spiro atoms. The molecule has 8 nitrogen and oxygen atoms in total. The van der Waals surface area contributed by atoms with Gasteiger partial charge in [0.15, 0.2) is 5.60 Å². The monoisotopic (exact) mass is 408 g/mol.